The van der Waals surface area contributed by atoms with Gasteiger partial charge in [-0.25, -0.2) is 9.18 Å². The van der Waals surface area contributed by atoms with Crippen molar-refractivity contribution >= 4 is 17.7 Å². The van der Waals surface area contributed by atoms with Crippen molar-refractivity contribution in [2.75, 3.05) is 20.1 Å². The minimum absolute atomic E-state index is 0.280. The second-order valence-corrected chi connectivity index (χ2v) is 6.93. The van der Waals surface area contributed by atoms with Crippen molar-refractivity contribution in [3.63, 3.8) is 0 Å². The molecule has 29 heavy (non-hydrogen) atoms. The smallest absolute Gasteiger partial charge is 0.394 e. The fraction of sp³-hybridized carbons (Fsp3) is 0.409. The molecule has 1 amide bonds. The molecule has 0 radical (unpaired) electrons. The van der Waals surface area contributed by atoms with Crippen LogP contribution < -0.4 is 16.4 Å². The topological polar surface area (TPSA) is 76.4 Å². The Morgan fingerprint density at radius 3 is 2.45 bits per heavy atom. The average molecular weight is 424 g/mol. The molecule has 5 nitrogen and oxygen atoms in total. The van der Waals surface area contributed by atoms with Gasteiger partial charge in [-0.3, -0.25) is 0 Å². The number of rotatable bonds is 12. The third-order valence-electron chi connectivity index (χ3n) is 4.18. The molecule has 1 aromatic rings. The molecule has 160 valence electrons. The molecule has 0 bridgehead atoms. The lowest BCUT2D eigenvalue weighted by Crippen LogP contribution is -2.25. The number of nitrogens with one attached hydrogen (secondary N) is 2. The maximum absolute atomic E-state index is 13.1. The molecule has 0 spiro atoms. The first kappa shape index (κ1) is 24.7. The molecular formula is C22H31ClFN3O2. The third-order valence-corrected chi connectivity index (χ3v) is 4.54. The van der Waals surface area contributed by atoms with E-state index in [4.69, 9.17) is 22.1 Å². The molecule has 0 aliphatic heterocycles. The number of primary amides is 1. The number of benzene rings is 1. The molecular weight excluding hydrogens is 393 g/mol. The zero-order chi connectivity index (χ0) is 21.6. The Morgan fingerprint density at radius 2 is 1.86 bits per heavy atom. The predicted octanol–water partition coefficient (Wildman–Crippen LogP) is 4.74. The Hall–Kier alpha value is -2.31. The van der Waals surface area contributed by atoms with Crippen LogP contribution in [0.4, 0.5) is 9.18 Å². The summed E-state index contributed by atoms with van der Waals surface area (Å²) in [6.45, 7) is 5.34. The summed E-state index contributed by atoms with van der Waals surface area (Å²) >= 11 is 6.51. The van der Waals surface area contributed by atoms with Crippen LogP contribution in [-0.4, -0.2) is 26.2 Å². The summed E-state index contributed by atoms with van der Waals surface area (Å²) in [5.41, 5.74) is 7.60. The number of allylic oxidation sites excluding steroid dienone is 5. The molecule has 1 rings (SSSR count). The van der Waals surface area contributed by atoms with Gasteiger partial charge in [-0.05, 0) is 69.5 Å². The van der Waals surface area contributed by atoms with E-state index in [-0.39, 0.29) is 11.7 Å². The van der Waals surface area contributed by atoms with E-state index in [1.807, 2.05) is 33.0 Å². The highest BCUT2D eigenvalue weighted by Gasteiger charge is 2.14. The number of hydrogen-bond acceptors (Lipinski definition) is 4. The number of ether oxygens (including phenoxy) is 1. The van der Waals surface area contributed by atoms with Gasteiger partial charge in [-0.15, -0.1) is 0 Å². The number of carbonyl (C=O) groups is 1. The molecule has 0 unspecified atom stereocenters. The molecule has 0 aromatic heterocycles. The Balaban J connectivity index is 3.13. The summed E-state index contributed by atoms with van der Waals surface area (Å²) in [7, 11) is 1.90. The molecule has 0 heterocycles. The van der Waals surface area contributed by atoms with E-state index in [1.165, 1.54) is 12.1 Å². The van der Waals surface area contributed by atoms with Gasteiger partial charge in [0.2, 0.25) is 5.88 Å². The van der Waals surface area contributed by atoms with Crippen LogP contribution >= 0.6 is 11.6 Å². The van der Waals surface area contributed by atoms with Gasteiger partial charge in [0, 0.05) is 17.2 Å². The standard InChI is InChI=1S/C22H31ClFN3O2/c1-4-7-20(23)19(13-10-17-8-11-18(24)12-9-17)16(2)21(29-22(25)28)27-15-6-5-14-26-3/h7-9,11-13,26-27H,4-6,10,14-15H2,1-3H3,(H2,25,28)/b19-13-,20-7+,21-16-. The summed E-state index contributed by atoms with van der Waals surface area (Å²) in [6, 6.07) is 6.29. The zero-order valence-corrected chi connectivity index (χ0v) is 18.1. The molecule has 0 saturated heterocycles. The average Bonchev–Trinajstić information content (AvgIpc) is 2.68. The van der Waals surface area contributed by atoms with Gasteiger partial charge in [-0.2, -0.15) is 0 Å². The van der Waals surface area contributed by atoms with Crippen molar-refractivity contribution in [2.45, 2.75) is 39.5 Å². The lowest BCUT2D eigenvalue weighted by molar-refractivity contribution is 0.178. The SMILES string of the molecule is CC\C=C(Cl)/C(=C\Cc1ccc(F)cc1)C(/C)=C(/NCCCCNC)OC(N)=O. The van der Waals surface area contributed by atoms with E-state index in [2.05, 4.69) is 10.6 Å². The lowest BCUT2D eigenvalue weighted by atomic mass is 10.0. The lowest BCUT2D eigenvalue weighted by Gasteiger charge is -2.16. The highest BCUT2D eigenvalue weighted by atomic mass is 35.5. The molecule has 1 aromatic carbocycles. The largest absolute Gasteiger partial charge is 0.411 e. The first-order valence-corrected chi connectivity index (χ1v) is 10.1. The zero-order valence-electron chi connectivity index (χ0n) is 17.4. The van der Waals surface area contributed by atoms with E-state index >= 15 is 0 Å². The van der Waals surface area contributed by atoms with Gasteiger partial charge in [0.05, 0.1) is 0 Å². The molecule has 4 N–H and O–H groups in total. The van der Waals surface area contributed by atoms with Crippen LogP contribution in [-0.2, 0) is 11.2 Å². The number of unbranched alkanes of at least 4 members (excludes halogenated alkanes) is 1. The van der Waals surface area contributed by atoms with E-state index in [0.29, 0.717) is 23.6 Å². The van der Waals surface area contributed by atoms with Crippen molar-refractivity contribution in [1.82, 2.24) is 10.6 Å². The van der Waals surface area contributed by atoms with E-state index in [1.54, 1.807) is 12.1 Å². The Morgan fingerprint density at radius 1 is 1.21 bits per heavy atom. The number of amides is 1. The van der Waals surface area contributed by atoms with E-state index < -0.39 is 6.09 Å². The predicted molar refractivity (Wildman–Crippen MR) is 117 cm³/mol. The van der Waals surface area contributed by atoms with Gasteiger partial charge < -0.3 is 21.1 Å². The third kappa shape index (κ3) is 9.63. The maximum Gasteiger partial charge on any atom is 0.411 e. The van der Waals surface area contributed by atoms with Crippen LogP contribution in [0.5, 0.6) is 0 Å². The van der Waals surface area contributed by atoms with Crippen LogP contribution in [0, 0.1) is 5.82 Å². The van der Waals surface area contributed by atoms with Crippen LogP contribution in [0.15, 0.2) is 58.5 Å². The normalized spacial score (nSPS) is 13.1. The molecule has 7 heteroatoms. The number of carbonyl (C=O) groups excluding carboxylic acids is 1. The Bertz CT molecular complexity index is 743. The molecule has 0 atom stereocenters. The highest BCUT2D eigenvalue weighted by molar-refractivity contribution is 6.32. The van der Waals surface area contributed by atoms with Gasteiger partial charge in [0.1, 0.15) is 5.82 Å². The van der Waals surface area contributed by atoms with Crippen LogP contribution in [0.3, 0.4) is 0 Å². The fourth-order valence-corrected chi connectivity index (χ4v) is 3.03. The van der Waals surface area contributed by atoms with Crippen LogP contribution in [0.1, 0.15) is 38.7 Å². The summed E-state index contributed by atoms with van der Waals surface area (Å²) in [4.78, 5) is 11.4. The summed E-state index contributed by atoms with van der Waals surface area (Å²) in [6.07, 6.45) is 6.11. The molecule has 0 aliphatic carbocycles. The van der Waals surface area contributed by atoms with Crippen molar-refractivity contribution in [2.24, 2.45) is 5.73 Å². The number of hydrogen-bond donors (Lipinski definition) is 3. The van der Waals surface area contributed by atoms with Crippen LogP contribution in [0.2, 0.25) is 0 Å². The van der Waals surface area contributed by atoms with Crippen LogP contribution in [0.25, 0.3) is 0 Å². The first-order chi connectivity index (χ1) is 13.9. The van der Waals surface area contributed by atoms with Gasteiger partial charge in [0.15, 0.2) is 0 Å². The molecule has 0 fully saturated rings. The quantitative estimate of drug-likeness (QED) is 0.258. The highest BCUT2D eigenvalue weighted by Crippen LogP contribution is 2.26. The van der Waals surface area contributed by atoms with Crippen molar-refractivity contribution in [3.8, 4) is 0 Å². The maximum atomic E-state index is 13.1. The Labute approximate surface area is 177 Å². The minimum atomic E-state index is -0.893. The van der Waals surface area contributed by atoms with E-state index in [0.717, 1.165) is 36.9 Å². The summed E-state index contributed by atoms with van der Waals surface area (Å²) in [5, 5.41) is 6.79. The van der Waals surface area contributed by atoms with Crippen molar-refractivity contribution < 1.29 is 13.9 Å². The second kappa shape index (κ2) is 13.8. The van der Waals surface area contributed by atoms with Crippen molar-refractivity contribution in [3.05, 3.63) is 69.9 Å². The Kier molecular flexibility index (Phi) is 11.8. The van der Waals surface area contributed by atoms with Gasteiger partial charge >= 0.3 is 6.09 Å². The molecule has 0 saturated carbocycles. The van der Waals surface area contributed by atoms with E-state index in [9.17, 15) is 9.18 Å². The first-order valence-electron chi connectivity index (χ1n) is 9.76. The number of halogens is 2. The summed E-state index contributed by atoms with van der Waals surface area (Å²) in [5.74, 6) is 0.00697. The second-order valence-electron chi connectivity index (χ2n) is 6.52. The fourth-order valence-electron chi connectivity index (χ4n) is 2.66. The molecule has 0 aliphatic rings. The summed E-state index contributed by atoms with van der Waals surface area (Å²) < 4.78 is 18.4. The monoisotopic (exact) mass is 423 g/mol. The number of nitrogens with two attached hydrogens (primary N) is 1. The minimum Gasteiger partial charge on any atom is -0.394 e. The van der Waals surface area contributed by atoms with Gasteiger partial charge in [-0.1, -0.05) is 42.8 Å². The van der Waals surface area contributed by atoms with Gasteiger partial charge in [0.25, 0.3) is 0 Å². The van der Waals surface area contributed by atoms with Crippen molar-refractivity contribution in [1.29, 1.82) is 0 Å².